The zero-order valence-corrected chi connectivity index (χ0v) is 7.88. The van der Waals surface area contributed by atoms with Crippen molar-refractivity contribution in [1.82, 2.24) is 9.78 Å². The third kappa shape index (κ3) is 1.26. The lowest BCUT2D eigenvalue weighted by molar-refractivity contribution is 0.887. The topological polar surface area (TPSA) is 17.8 Å². The second-order valence-corrected chi connectivity index (χ2v) is 4.27. The molecule has 0 amide bonds. The number of nitrogens with zero attached hydrogens (tertiary/aromatic N) is 2. The van der Waals surface area contributed by atoms with E-state index in [0.29, 0.717) is 0 Å². The molecule has 0 aliphatic heterocycles. The minimum atomic E-state index is 0.799. The first-order valence-electron chi connectivity index (χ1n) is 2.94. The zero-order valence-electron chi connectivity index (χ0n) is 5.43. The van der Waals surface area contributed by atoms with Crippen LogP contribution in [0.5, 0.6) is 0 Å². The summed E-state index contributed by atoms with van der Waals surface area (Å²) in [7, 11) is 0. The van der Waals surface area contributed by atoms with Crippen LogP contribution in [0.15, 0.2) is 23.0 Å². The van der Waals surface area contributed by atoms with Crippen molar-refractivity contribution in [3.63, 3.8) is 0 Å². The summed E-state index contributed by atoms with van der Waals surface area (Å²) < 4.78 is 2.57. The molecule has 0 aliphatic carbocycles. The van der Waals surface area contributed by atoms with Crippen molar-refractivity contribution in [2.75, 3.05) is 0 Å². The van der Waals surface area contributed by atoms with E-state index in [4.69, 9.17) is 12.2 Å². The zero-order chi connectivity index (χ0) is 7.68. The monoisotopic (exact) mass is 200 g/mol. The third-order valence-electron chi connectivity index (χ3n) is 1.20. The highest BCUT2D eigenvalue weighted by Crippen LogP contribution is 2.15. The number of aromatic nitrogens is 2. The van der Waals surface area contributed by atoms with Crippen molar-refractivity contribution >= 4 is 34.9 Å². The van der Waals surface area contributed by atoms with Gasteiger partial charge in [0.2, 0.25) is 0 Å². The Morgan fingerprint density at radius 3 is 2.91 bits per heavy atom. The van der Waals surface area contributed by atoms with Crippen LogP contribution < -0.4 is 0 Å². The highest BCUT2D eigenvalue weighted by atomic mass is 32.1. The van der Waals surface area contributed by atoms with E-state index in [1.807, 2.05) is 17.5 Å². The van der Waals surface area contributed by atoms with Gasteiger partial charge in [0.25, 0.3) is 0 Å². The quantitative estimate of drug-likeness (QED) is 0.659. The fraction of sp³-hybridized carbons (Fsp3) is 0. The van der Waals surface area contributed by atoms with Crippen LogP contribution in [0.4, 0.5) is 0 Å². The molecule has 2 nitrogen and oxygen atoms in total. The van der Waals surface area contributed by atoms with Crippen LogP contribution >= 0.6 is 34.9 Å². The first-order chi connectivity index (χ1) is 5.38. The number of rotatable bonds is 1. The fourth-order valence-corrected chi connectivity index (χ4v) is 2.31. The van der Waals surface area contributed by atoms with Crippen LogP contribution in [0, 0.1) is 3.95 Å². The molecule has 0 aromatic carbocycles. The van der Waals surface area contributed by atoms with Crippen LogP contribution in [0.25, 0.3) is 5.00 Å². The molecule has 0 spiro atoms. The van der Waals surface area contributed by atoms with Crippen molar-refractivity contribution in [1.29, 1.82) is 0 Å². The van der Waals surface area contributed by atoms with Gasteiger partial charge in [-0.3, -0.25) is 0 Å². The smallest absolute Gasteiger partial charge is 0.184 e. The summed E-state index contributed by atoms with van der Waals surface area (Å²) in [6, 6.07) is 3.99. The van der Waals surface area contributed by atoms with Crippen molar-refractivity contribution in [3.8, 4) is 5.00 Å². The predicted molar refractivity (Wildman–Crippen MR) is 50.2 cm³/mol. The molecule has 0 saturated heterocycles. The van der Waals surface area contributed by atoms with Gasteiger partial charge in [-0.2, -0.15) is 5.10 Å². The molecule has 0 saturated carbocycles. The number of hydrogen-bond donors (Lipinski definition) is 0. The van der Waals surface area contributed by atoms with Crippen LogP contribution in [-0.2, 0) is 0 Å². The second-order valence-electron chi connectivity index (χ2n) is 1.87. The largest absolute Gasteiger partial charge is 0.202 e. The van der Waals surface area contributed by atoms with E-state index in [0.717, 1.165) is 8.96 Å². The molecule has 11 heavy (non-hydrogen) atoms. The third-order valence-corrected chi connectivity index (χ3v) is 3.08. The minimum absolute atomic E-state index is 0.799. The molecular formula is C6H4N2S3. The normalized spacial score (nSPS) is 10.2. The highest BCUT2D eigenvalue weighted by molar-refractivity contribution is 7.73. The van der Waals surface area contributed by atoms with Crippen molar-refractivity contribution in [2.45, 2.75) is 0 Å². The molecule has 0 fully saturated rings. The van der Waals surface area contributed by atoms with E-state index in [2.05, 4.69) is 5.10 Å². The summed E-state index contributed by atoms with van der Waals surface area (Å²) in [5.74, 6) is 0. The van der Waals surface area contributed by atoms with Gasteiger partial charge in [-0.15, -0.1) is 11.3 Å². The first-order valence-corrected chi connectivity index (χ1v) is 5.11. The van der Waals surface area contributed by atoms with Crippen LogP contribution in [0.1, 0.15) is 0 Å². The van der Waals surface area contributed by atoms with Gasteiger partial charge < -0.3 is 0 Å². The Balaban J connectivity index is 2.62. The molecule has 0 bridgehead atoms. The Morgan fingerprint density at radius 2 is 2.36 bits per heavy atom. The molecular weight excluding hydrogens is 196 g/mol. The molecule has 0 N–H and O–H groups in total. The molecule has 2 aromatic heterocycles. The van der Waals surface area contributed by atoms with Crippen molar-refractivity contribution in [2.24, 2.45) is 0 Å². The summed E-state index contributed by atoms with van der Waals surface area (Å²) >= 11 is 8.17. The van der Waals surface area contributed by atoms with Gasteiger partial charge in [-0.25, -0.2) is 4.68 Å². The highest BCUT2D eigenvalue weighted by Gasteiger charge is 1.97. The predicted octanol–water partition coefficient (Wildman–Crippen LogP) is 2.72. The Bertz CT molecular complexity index is 384. The van der Waals surface area contributed by atoms with Crippen LogP contribution in [-0.4, -0.2) is 9.78 Å². The molecule has 0 unspecified atom stereocenters. The summed E-state index contributed by atoms with van der Waals surface area (Å²) in [6.07, 6.45) is 0. The van der Waals surface area contributed by atoms with E-state index in [-0.39, 0.29) is 0 Å². The van der Waals surface area contributed by atoms with E-state index in [9.17, 15) is 0 Å². The summed E-state index contributed by atoms with van der Waals surface area (Å²) in [6.45, 7) is 0. The van der Waals surface area contributed by atoms with E-state index >= 15 is 0 Å². The molecule has 0 radical (unpaired) electrons. The Hall–Kier alpha value is -0.520. The first kappa shape index (κ1) is 7.15. The van der Waals surface area contributed by atoms with Crippen molar-refractivity contribution < 1.29 is 0 Å². The fourth-order valence-electron chi connectivity index (χ4n) is 0.750. The average molecular weight is 200 g/mol. The number of hydrogen-bond acceptors (Lipinski definition) is 4. The lowest BCUT2D eigenvalue weighted by Crippen LogP contribution is -1.90. The van der Waals surface area contributed by atoms with E-state index in [1.165, 1.54) is 11.3 Å². The van der Waals surface area contributed by atoms with E-state index in [1.54, 1.807) is 21.5 Å². The summed E-state index contributed by atoms with van der Waals surface area (Å²) in [4.78, 5) is 0. The van der Waals surface area contributed by atoms with Crippen molar-refractivity contribution in [3.05, 3.63) is 27.0 Å². The molecule has 2 heterocycles. The van der Waals surface area contributed by atoms with Gasteiger partial charge >= 0.3 is 0 Å². The number of thiophene rings is 1. The Labute approximate surface area is 76.7 Å². The lowest BCUT2D eigenvalue weighted by Gasteiger charge is -1.91. The van der Waals surface area contributed by atoms with Crippen LogP contribution in [0.2, 0.25) is 0 Å². The Kier molecular flexibility index (Phi) is 1.85. The molecule has 0 atom stereocenters. The van der Waals surface area contributed by atoms with E-state index < -0.39 is 0 Å². The molecule has 2 aromatic rings. The van der Waals surface area contributed by atoms with Gasteiger partial charge in [0, 0.05) is 0 Å². The Morgan fingerprint density at radius 1 is 1.45 bits per heavy atom. The maximum atomic E-state index is 5.06. The summed E-state index contributed by atoms with van der Waals surface area (Å²) in [5, 5.41) is 7.19. The second kappa shape index (κ2) is 2.84. The molecule has 2 rings (SSSR count). The lowest BCUT2D eigenvalue weighted by atomic mass is 10.6. The standard InChI is InChI=1S/C6H4N2S3/c9-6-8(7-4-11-6)5-2-1-3-10-5/h1-4H. The van der Waals surface area contributed by atoms with Gasteiger partial charge in [-0.1, -0.05) is 11.3 Å². The minimum Gasteiger partial charge on any atom is -0.202 e. The molecule has 56 valence electrons. The maximum Gasteiger partial charge on any atom is 0.184 e. The molecule has 0 aliphatic rings. The molecule has 5 heteroatoms. The SMILES string of the molecule is S=c1scnn1-c1cccs1. The van der Waals surface area contributed by atoms with Gasteiger partial charge in [0.05, 0.1) is 0 Å². The van der Waals surface area contributed by atoms with Gasteiger partial charge in [0.1, 0.15) is 10.5 Å². The maximum absolute atomic E-state index is 5.06. The average Bonchev–Trinajstić information content (AvgIpc) is 2.55. The summed E-state index contributed by atoms with van der Waals surface area (Å²) in [5.41, 5.74) is 1.75. The van der Waals surface area contributed by atoms with Gasteiger partial charge in [-0.05, 0) is 29.7 Å². The van der Waals surface area contributed by atoms with Crippen LogP contribution in [0.3, 0.4) is 0 Å². The van der Waals surface area contributed by atoms with Gasteiger partial charge in [0.15, 0.2) is 3.95 Å².